The third kappa shape index (κ3) is 6.70. The van der Waals surface area contributed by atoms with Crippen molar-refractivity contribution in [2.45, 2.75) is 66.2 Å². The van der Waals surface area contributed by atoms with Crippen LogP contribution in [0.25, 0.3) is 16.8 Å². The molecule has 3 rings (SSSR count). The fraction of sp³-hybridized carbons (Fsp3) is 0.458. The van der Waals surface area contributed by atoms with Gasteiger partial charge in [0.2, 0.25) is 0 Å². The average Bonchev–Trinajstić information content (AvgIpc) is 3.16. The minimum Gasteiger partial charge on any atom is -0.370 e. The Kier molecular flexibility index (Phi) is 9.35. The summed E-state index contributed by atoms with van der Waals surface area (Å²) in [7, 11) is 0. The maximum absolute atomic E-state index is 11.1. The van der Waals surface area contributed by atoms with Crippen LogP contribution in [0.15, 0.2) is 42.7 Å². The van der Waals surface area contributed by atoms with Crippen LogP contribution in [0, 0.1) is 0 Å². The summed E-state index contributed by atoms with van der Waals surface area (Å²) < 4.78 is 1.81. The zero-order valence-corrected chi connectivity index (χ0v) is 18.2. The number of unbranched alkanes of at least 4 members (excludes halogenated alkanes) is 2. The lowest BCUT2D eigenvalue weighted by Gasteiger charge is -2.07. The Balaban J connectivity index is 0.00000145. The first-order valence-electron chi connectivity index (χ1n) is 10.8. The maximum atomic E-state index is 11.1. The Labute approximate surface area is 174 Å². The predicted molar refractivity (Wildman–Crippen MR) is 121 cm³/mol. The zero-order valence-electron chi connectivity index (χ0n) is 18.2. The van der Waals surface area contributed by atoms with E-state index in [9.17, 15) is 4.79 Å². The Hall–Kier alpha value is -2.69. The highest BCUT2D eigenvalue weighted by atomic mass is 16.1. The molecule has 0 radical (unpaired) electrons. The van der Waals surface area contributed by atoms with Gasteiger partial charge in [-0.3, -0.25) is 0 Å². The summed E-state index contributed by atoms with van der Waals surface area (Å²) >= 11 is 0. The zero-order chi connectivity index (χ0) is 21.1. The number of benzene rings is 1. The molecule has 0 aliphatic carbocycles. The third-order valence-electron chi connectivity index (χ3n) is 4.69. The number of rotatable bonds is 10. The van der Waals surface area contributed by atoms with Crippen molar-refractivity contribution in [3.8, 4) is 11.1 Å². The van der Waals surface area contributed by atoms with Crippen molar-refractivity contribution < 1.29 is 4.79 Å². The molecule has 1 aromatic carbocycles. The summed E-state index contributed by atoms with van der Waals surface area (Å²) in [5, 5.41) is 7.74. The van der Waals surface area contributed by atoms with Crippen LogP contribution < -0.4 is 5.32 Å². The molecule has 0 aliphatic heterocycles. The molecule has 156 valence electrons. The standard InChI is InChI=1S/C22H28N4O.C2H6/c1-3-4-5-9-18-10-6-11-19(15-18)20-16-24-26-14-12-21(25-22(20)26)23-13-7-8-17(2)27;1-2/h6,10-12,14-16H,3-5,7-9,13H2,1-2H3,(H,23,25);1-2H3. The molecule has 0 aliphatic rings. The van der Waals surface area contributed by atoms with Gasteiger partial charge in [-0.15, -0.1) is 0 Å². The van der Waals surface area contributed by atoms with E-state index in [4.69, 9.17) is 4.98 Å². The molecule has 29 heavy (non-hydrogen) atoms. The fourth-order valence-electron chi connectivity index (χ4n) is 3.20. The summed E-state index contributed by atoms with van der Waals surface area (Å²) in [6, 6.07) is 10.6. The predicted octanol–water partition coefficient (Wildman–Crippen LogP) is 5.94. The van der Waals surface area contributed by atoms with Crippen LogP contribution in [-0.2, 0) is 11.2 Å². The van der Waals surface area contributed by atoms with Gasteiger partial charge in [0.05, 0.1) is 6.20 Å². The minimum absolute atomic E-state index is 0.220. The number of aromatic nitrogens is 3. The van der Waals surface area contributed by atoms with E-state index in [1.54, 1.807) is 11.4 Å². The lowest BCUT2D eigenvalue weighted by atomic mass is 10.0. The van der Waals surface area contributed by atoms with E-state index >= 15 is 0 Å². The monoisotopic (exact) mass is 394 g/mol. The van der Waals surface area contributed by atoms with Crippen molar-refractivity contribution in [3.05, 3.63) is 48.3 Å². The van der Waals surface area contributed by atoms with Crippen molar-refractivity contribution >= 4 is 17.2 Å². The normalized spacial score (nSPS) is 10.5. The number of anilines is 1. The lowest BCUT2D eigenvalue weighted by Crippen LogP contribution is -2.06. The average molecular weight is 395 g/mol. The van der Waals surface area contributed by atoms with Gasteiger partial charge in [0.1, 0.15) is 11.6 Å². The number of Topliss-reactive ketones (excluding diaryl/α,β-unsaturated/α-hetero) is 1. The van der Waals surface area contributed by atoms with Crippen molar-refractivity contribution in [3.63, 3.8) is 0 Å². The fourth-order valence-corrected chi connectivity index (χ4v) is 3.20. The second-order valence-corrected chi connectivity index (χ2v) is 7.03. The van der Waals surface area contributed by atoms with Gasteiger partial charge in [-0.05, 0) is 43.4 Å². The van der Waals surface area contributed by atoms with E-state index < -0.39 is 0 Å². The molecule has 5 heteroatoms. The van der Waals surface area contributed by atoms with Crippen LogP contribution in [0.1, 0.15) is 65.4 Å². The van der Waals surface area contributed by atoms with Gasteiger partial charge in [-0.2, -0.15) is 5.10 Å². The van der Waals surface area contributed by atoms with E-state index in [0.717, 1.165) is 42.0 Å². The number of hydrogen-bond donors (Lipinski definition) is 1. The number of aryl methyl sites for hydroxylation is 1. The van der Waals surface area contributed by atoms with Crippen LogP contribution >= 0.6 is 0 Å². The Morgan fingerprint density at radius 3 is 2.72 bits per heavy atom. The number of carbonyl (C=O) groups excluding carboxylic acids is 1. The first kappa shape index (κ1) is 22.6. The van der Waals surface area contributed by atoms with E-state index in [0.29, 0.717) is 6.42 Å². The first-order chi connectivity index (χ1) is 14.2. The van der Waals surface area contributed by atoms with E-state index in [1.807, 2.05) is 32.3 Å². The molecular weight excluding hydrogens is 360 g/mol. The molecule has 0 amide bonds. The number of carbonyl (C=O) groups is 1. The highest BCUT2D eigenvalue weighted by Crippen LogP contribution is 2.25. The highest BCUT2D eigenvalue weighted by Gasteiger charge is 2.09. The highest BCUT2D eigenvalue weighted by molar-refractivity contribution is 5.78. The van der Waals surface area contributed by atoms with Gasteiger partial charge in [0.15, 0.2) is 5.65 Å². The van der Waals surface area contributed by atoms with E-state index in [2.05, 4.69) is 41.6 Å². The van der Waals surface area contributed by atoms with Crippen LogP contribution in [0.5, 0.6) is 0 Å². The lowest BCUT2D eigenvalue weighted by molar-refractivity contribution is -0.117. The molecule has 0 unspecified atom stereocenters. The number of nitrogens with zero attached hydrogens (tertiary/aromatic N) is 3. The minimum atomic E-state index is 0.220. The second kappa shape index (κ2) is 12.0. The van der Waals surface area contributed by atoms with Gasteiger partial charge >= 0.3 is 0 Å². The quantitative estimate of drug-likeness (QED) is 0.433. The molecule has 0 saturated carbocycles. The summed E-state index contributed by atoms with van der Waals surface area (Å²) in [4.78, 5) is 15.8. The topological polar surface area (TPSA) is 59.3 Å². The number of nitrogens with one attached hydrogen (secondary N) is 1. The molecule has 0 spiro atoms. The molecule has 2 aromatic heterocycles. The van der Waals surface area contributed by atoms with Crippen molar-refractivity contribution in [2.75, 3.05) is 11.9 Å². The smallest absolute Gasteiger partial charge is 0.165 e. The molecule has 0 bridgehead atoms. The van der Waals surface area contributed by atoms with Gasteiger partial charge in [0.25, 0.3) is 0 Å². The molecule has 0 saturated heterocycles. The van der Waals surface area contributed by atoms with E-state index in [1.165, 1.54) is 24.8 Å². The SMILES string of the molecule is CC.CCCCCc1cccc(-c2cnn3ccc(NCCCC(C)=O)nc23)c1. The molecule has 5 nitrogen and oxygen atoms in total. The molecular formula is C24H34N4O. The van der Waals surface area contributed by atoms with E-state index in [-0.39, 0.29) is 5.78 Å². The molecule has 0 fully saturated rings. The van der Waals surface area contributed by atoms with Gasteiger partial charge < -0.3 is 10.1 Å². The maximum Gasteiger partial charge on any atom is 0.165 e. The molecule has 3 aromatic rings. The summed E-state index contributed by atoms with van der Waals surface area (Å²) in [6.07, 6.45) is 10.0. The Morgan fingerprint density at radius 1 is 1.14 bits per heavy atom. The largest absolute Gasteiger partial charge is 0.370 e. The summed E-state index contributed by atoms with van der Waals surface area (Å²) in [6.45, 7) is 8.59. The number of hydrogen-bond acceptors (Lipinski definition) is 4. The van der Waals surface area contributed by atoms with Crippen molar-refractivity contribution in [2.24, 2.45) is 0 Å². The Bertz CT molecular complexity index is 901. The van der Waals surface area contributed by atoms with Crippen LogP contribution in [0.4, 0.5) is 5.82 Å². The number of fused-ring (bicyclic) bond motifs is 1. The Morgan fingerprint density at radius 2 is 1.97 bits per heavy atom. The summed E-state index contributed by atoms with van der Waals surface area (Å²) in [5.74, 6) is 1.03. The van der Waals surface area contributed by atoms with Crippen molar-refractivity contribution in [1.82, 2.24) is 14.6 Å². The van der Waals surface area contributed by atoms with Crippen LogP contribution in [0.2, 0.25) is 0 Å². The van der Waals surface area contributed by atoms with Gasteiger partial charge in [0, 0.05) is 24.7 Å². The van der Waals surface area contributed by atoms with Crippen LogP contribution in [0.3, 0.4) is 0 Å². The van der Waals surface area contributed by atoms with Gasteiger partial charge in [-0.1, -0.05) is 57.9 Å². The third-order valence-corrected chi connectivity index (χ3v) is 4.69. The molecule has 0 atom stereocenters. The van der Waals surface area contributed by atoms with Crippen molar-refractivity contribution in [1.29, 1.82) is 0 Å². The molecule has 1 N–H and O–H groups in total. The number of ketones is 1. The summed E-state index contributed by atoms with van der Waals surface area (Å²) in [5.41, 5.74) is 4.40. The van der Waals surface area contributed by atoms with Crippen LogP contribution in [-0.4, -0.2) is 26.9 Å². The first-order valence-corrected chi connectivity index (χ1v) is 10.8. The van der Waals surface area contributed by atoms with Gasteiger partial charge in [-0.25, -0.2) is 9.50 Å². The molecule has 2 heterocycles. The second-order valence-electron chi connectivity index (χ2n) is 7.03.